The highest BCUT2D eigenvalue weighted by atomic mass is 32.2. The molecule has 7 heteroatoms. The fourth-order valence-corrected chi connectivity index (χ4v) is 1.80. The maximum atomic E-state index is 11.6. The Morgan fingerprint density at radius 3 is 2.44 bits per heavy atom. The first-order chi connectivity index (χ1) is 8.63. The number of nitrogens with zero attached hydrogens (tertiary/aromatic N) is 1. The highest BCUT2D eigenvalue weighted by molar-refractivity contribution is 7.80. The lowest BCUT2D eigenvalue weighted by atomic mass is 10.2. The van der Waals surface area contributed by atoms with Crippen LogP contribution in [0.1, 0.15) is 19.3 Å². The van der Waals surface area contributed by atoms with Crippen molar-refractivity contribution in [3.8, 4) is 0 Å². The molecule has 0 aliphatic heterocycles. The van der Waals surface area contributed by atoms with Crippen molar-refractivity contribution < 1.29 is 22.7 Å². The van der Waals surface area contributed by atoms with Crippen LogP contribution in [-0.4, -0.2) is 28.2 Å². The van der Waals surface area contributed by atoms with Crippen LogP contribution in [0.5, 0.6) is 0 Å². The predicted molar refractivity (Wildman–Crippen MR) is 62.6 cm³/mol. The molecule has 1 heterocycles. The van der Waals surface area contributed by atoms with Crippen LogP contribution >= 0.6 is 0 Å². The Bertz CT molecular complexity index is 434. The van der Waals surface area contributed by atoms with Crippen LogP contribution in [0.3, 0.4) is 0 Å². The van der Waals surface area contributed by atoms with E-state index in [4.69, 9.17) is 4.18 Å². The van der Waals surface area contributed by atoms with Crippen LogP contribution < -0.4 is 0 Å². The third-order valence-corrected chi connectivity index (χ3v) is 2.99. The van der Waals surface area contributed by atoms with Crippen LogP contribution in [0.2, 0.25) is 0 Å². The second-order valence-electron chi connectivity index (χ2n) is 3.30. The van der Waals surface area contributed by atoms with Crippen molar-refractivity contribution >= 4 is 23.0 Å². The monoisotopic (exact) mass is 271 g/mol. The molecule has 1 unspecified atom stereocenters. The van der Waals surface area contributed by atoms with Gasteiger partial charge >= 0.3 is 11.9 Å². The van der Waals surface area contributed by atoms with Crippen LogP contribution in [-0.2, 0) is 29.6 Å². The number of aromatic nitrogens is 1. The zero-order chi connectivity index (χ0) is 13.4. The summed E-state index contributed by atoms with van der Waals surface area (Å²) in [5.74, 6) is -1.01. The van der Waals surface area contributed by atoms with Crippen LogP contribution in [0.4, 0.5) is 0 Å². The van der Waals surface area contributed by atoms with E-state index in [1.54, 1.807) is 0 Å². The molecule has 0 fully saturated rings. The Morgan fingerprint density at radius 2 is 1.83 bits per heavy atom. The van der Waals surface area contributed by atoms with Gasteiger partial charge in [0.2, 0.25) is 11.1 Å². The lowest BCUT2D eigenvalue weighted by Gasteiger charge is -2.03. The van der Waals surface area contributed by atoms with Gasteiger partial charge in [-0.05, 0) is 18.6 Å². The van der Waals surface area contributed by atoms with Crippen molar-refractivity contribution in [1.82, 2.24) is 4.98 Å². The summed E-state index contributed by atoms with van der Waals surface area (Å²) in [6.07, 6.45) is 3.37. The minimum absolute atomic E-state index is 0.0198. The topological polar surface area (TPSA) is 82.6 Å². The summed E-state index contributed by atoms with van der Waals surface area (Å²) >= 11 is -1.84. The first-order valence-electron chi connectivity index (χ1n) is 5.23. The molecule has 0 bridgehead atoms. The van der Waals surface area contributed by atoms with E-state index in [1.165, 1.54) is 31.6 Å². The van der Waals surface area contributed by atoms with Crippen LogP contribution in [0.25, 0.3) is 0 Å². The van der Waals surface area contributed by atoms with Gasteiger partial charge in [0.15, 0.2) is 0 Å². The van der Waals surface area contributed by atoms with Crippen molar-refractivity contribution in [1.29, 1.82) is 0 Å². The van der Waals surface area contributed by atoms with Crippen molar-refractivity contribution in [3.63, 3.8) is 0 Å². The Hall–Kier alpha value is -1.76. The van der Waals surface area contributed by atoms with E-state index in [0.29, 0.717) is 11.3 Å². The van der Waals surface area contributed by atoms with Crippen LogP contribution in [0.15, 0.2) is 29.4 Å². The second kappa shape index (κ2) is 7.54. The summed E-state index contributed by atoms with van der Waals surface area (Å²) in [5.41, 5.74) is 0. The van der Waals surface area contributed by atoms with Gasteiger partial charge in [-0.15, -0.1) is 0 Å². The van der Waals surface area contributed by atoms with Crippen molar-refractivity contribution in [2.24, 2.45) is 0 Å². The van der Waals surface area contributed by atoms with E-state index in [2.05, 4.69) is 9.72 Å². The molecule has 98 valence electrons. The van der Waals surface area contributed by atoms with E-state index in [1.807, 2.05) is 0 Å². The fourth-order valence-electron chi connectivity index (χ4n) is 1.10. The summed E-state index contributed by atoms with van der Waals surface area (Å²) in [6.45, 7) is 0. The fraction of sp³-hybridized carbons (Fsp3) is 0.364. The van der Waals surface area contributed by atoms with Gasteiger partial charge in [0.25, 0.3) is 0 Å². The lowest BCUT2D eigenvalue weighted by Crippen LogP contribution is -2.09. The van der Waals surface area contributed by atoms with Gasteiger partial charge in [-0.3, -0.25) is 14.6 Å². The summed E-state index contributed by atoms with van der Waals surface area (Å²) in [6, 6.07) is 3.00. The Kier molecular flexibility index (Phi) is 5.99. The van der Waals surface area contributed by atoms with E-state index in [-0.39, 0.29) is 12.8 Å². The largest absolute Gasteiger partial charge is 0.469 e. The van der Waals surface area contributed by atoms with Gasteiger partial charge in [0, 0.05) is 25.2 Å². The van der Waals surface area contributed by atoms with Gasteiger partial charge < -0.3 is 8.92 Å². The molecule has 0 N–H and O–H groups in total. The van der Waals surface area contributed by atoms with E-state index < -0.39 is 23.0 Å². The molecule has 0 aromatic carbocycles. The highest BCUT2D eigenvalue weighted by Crippen LogP contribution is 2.08. The SMILES string of the molecule is COC(=O)CCCC(=O)OS(=O)c1ccncc1. The molecule has 0 radical (unpaired) electrons. The number of pyridine rings is 1. The van der Waals surface area contributed by atoms with Crippen molar-refractivity contribution in [2.75, 3.05) is 7.11 Å². The molecule has 0 spiro atoms. The molecule has 1 rings (SSSR count). The maximum absolute atomic E-state index is 11.6. The summed E-state index contributed by atoms with van der Waals surface area (Å²) in [7, 11) is 1.28. The van der Waals surface area contributed by atoms with E-state index in [9.17, 15) is 13.8 Å². The third-order valence-electron chi connectivity index (χ3n) is 2.00. The van der Waals surface area contributed by atoms with Gasteiger partial charge in [-0.2, -0.15) is 0 Å². The van der Waals surface area contributed by atoms with Crippen molar-refractivity contribution in [3.05, 3.63) is 24.5 Å². The van der Waals surface area contributed by atoms with E-state index in [0.717, 1.165) is 0 Å². The molecule has 0 aliphatic carbocycles. The molecule has 1 aromatic rings. The molecule has 6 nitrogen and oxygen atoms in total. The maximum Gasteiger partial charge on any atom is 0.320 e. The highest BCUT2D eigenvalue weighted by Gasteiger charge is 2.12. The number of hydrogen-bond donors (Lipinski definition) is 0. The minimum atomic E-state index is -1.84. The average molecular weight is 271 g/mol. The number of carbonyl (C=O) groups excluding carboxylic acids is 2. The number of rotatable bonds is 6. The van der Waals surface area contributed by atoms with Gasteiger partial charge in [0.1, 0.15) is 0 Å². The Morgan fingerprint density at radius 1 is 1.22 bits per heavy atom. The van der Waals surface area contributed by atoms with Gasteiger partial charge in [-0.1, -0.05) is 0 Å². The number of carbonyl (C=O) groups is 2. The number of hydrogen-bond acceptors (Lipinski definition) is 6. The summed E-state index contributed by atoms with van der Waals surface area (Å²) < 4.78 is 20.7. The Labute approximate surface area is 107 Å². The zero-order valence-electron chi connectivity index (χ0n) is 9.83. The molecule has 18 heavy (non-hydrogen) atoms. The quantitative estimate of drug-likeness (QED) is 0.717. The molecule has 1 atom stereocenters. The first-order valence-corrected chi connectivity index (χ1v) is 6.30. The molecule has 0 aliphatic rings. The van der Waals surface area contributed by atoms with Crippen LogP contribution in [0, 0.1) is 0 Å². The minimum Gasteiger partial charge on any atom is -0.469 e. The first kappa shape index (κ1) is 14.3. The molecule has 1 aromatic heterocycles. The number of methoxy groups -OCH3 is 1. The number of ether oxygens (including phenoxy) is 1. The zero-order valence-corrected chi connectivity index (χ0v) is 10.6. The van der Waals surface area contributed by atoms with Gasteiger partial charge in [-0.25, -0.2) is 4.21 Å². The molecular formula is C11H13NO5S. The smallest absolute Gasteiger partial charge is 0.320 e. The standard InChI is InChI=1S/C11H13NO5S/c1-16-10(13)3-2-4-11(14)17-18(15)9-5-7-12-8-6-9/h5-8H,2-4H2,1H3. The number of esters is 1. The predicted octanol–water partition coefficient (Wildman–Crippen LogP) is 0.991. The molecular weight excluding hydrogens is 258 g/mol. The lowest BCUT2D eigenvalue weighted by molar-refractivity contribution is -0.141. The molecule has 0 saturated heterocycles. The second-order valence-corrected chi connectivity index (χ2v) is 4.41. The third kappa shape index (κ3) is 5.05. The summed E-state index contributed by atoms with van der Waals surface area (Å²) in [4.78, 5) is 26.2. The molecule has 0 amide bonds. The summed E-state index contributed by atoms with van der Waals surface area (Å²) in [5, 5.41) is 0. The Balaban J connectivity index is 2.32. The normalized spacial score (nSPS) is 11.6. The molecule has 0 saturated carbocycles. The average Bonchev–Trinajstić information content (AvgIpc) is 2.39. The van der Waals surface area contributed by atoms with E-state index >= 15 is 0 Å². The van der Waals surface area contributed by atoms with Gasteiger partial charge in [0.05, 0.1) is 12.0 Å². The van der Waals surface area contributed by atoms with Crippen molar-refractivity contribution in [2.45, 2.75) is 24.2 Å².